The molecule has 12 aromatic rings. The van der Waals surface area contributed by atoms with Crippen molar-refractivity contribution >= 4 is 92.2 Å². The van der Waals surface area contributed by atoms with Crippen molar-refractivity contribution in [1.29, 1.82) is 0 Å². The van der Waals surface area contributed by atoms with Crippen LogP contribution >= 0.6 is 11.3 Å². The minimum Gasteiger partial charge on any atom is -0.436 e. The van der Waals surface area contributed by atoms with Gasteiger partial charge in [0, 0.05) is 64.3 Å². The zero-order chi connectivity index (χ0) is 38.2. The predicted molar refractivity (Wildman–Crippen MR) is 244 cm³/mol. The second kappa shape index (κ2) is 13.1. The van der Waals surface area contributed by atoms with Crippen LogP contribution in [0.5, 0.6) is 0 Å². The maximum Gasteiger partial charge on any atom is 0.227 e. The first-order chi connectivity index (χ1) is 28.7. The molecule has 0 radical (unpaired) electrons. The third kappa shape index (κ3) is 5.18. The third-order valence-corrected chi connectivity index (χ3v) is 12.5. The molecule has 5 heteroatoms. The van der Waals surface area contributed by atoms with Crippen LogP contribution in [0.15, 0.2) is 205 Å². The molecule has 0 saturated carbocycles. The molecule has 0 saturated heterocycles. The van der Waals surface area contributed by atoms with E-state index in [1.807, 2.05) is 47.7 Å². The molecule has 0 bridgehead atoms. The normalized spacial score (nSPS) is 11.8. The van der Waals surface area contributed by atoms with E-state index >= 15 is 0 Å². The van der Waals surface area contributed by atoms with Gasteiger partial charge in [-0.3, -0.25) is 0 Å². The molecule has 0 aliphatic rings. The van der Waals surface area contributed by atoms with Gasteiger partial charge in [0.2, 0.25) is 5.89 Å². The number of hydrogen-bond donors (Lipinski definition) is 0. The molecule has 0 N–H and O–H groups in total. The van der Waals surface area contributed by atoms with Crippen LogP contribution in [-0.2, 0) is 0 Å². The predicted octanol–water partition coefficient (Wildman–Crippen LogP) is 15.2. The molecule has 12 rings (SSSR count). The fourth-order valence-electron chi connectivity index (χ4n) is 8.76. The summed E-state index contributed by atoms with van der Waals surface area (Å²) < 4.78 is 11.2. The summed E-state index contributed by atoms with van der Waals surface area (Å²) >= 11 is 1.85. The molecule has 0 fully saturated rings. The molecule has 0 unspecified atom stereocenters. The highest BCUT2D eigenvalue weighted by Gasteiger charge is 2.21. The minimum absolute atomic E-state index is 0.626. The van der Waals surface area contributed by atoms with Crippen molar-refractivity contribution in [2.75, 3.05) is 4.90 Å². The van der Waals surface area contributed by atoms with Gasteiger partial charge in [-0.2, -0.15) is 0 Å². The quantitative estimate of drug-likeness (QED) is 0.169. The van der Waals surface area contributed by atoms with Gasteiger partial charge in [-0.05, 0) is 90.0 Å². The summed E-state index contributed by atoms with van der Waals surface area (Å²) in [5, 5.41) is 7.43. The van der Waals surface area contributed by atoms with E-state index in [1.165, 1.54) is 52.8 Å². The van der Waals surface area contributed by atoms with E-state index in [0.717, 1.165) is 50.5 Å². The van der Waals surface area contributed by atoms with Crippen molar-refractivity contribution in [1.82, 2.24) is 9.55 Å². The Morgan fingerprint density at radius 3 is 2.00 bits per heavy atom. The highest BCUT2D eigenvalue weighted by Crippen LogP contribution is 2.46. The number of thiophene rings is 1. The van der Waals surface area contributed by atoms with Crippen LogP contribution in [0.1, 0.15) is 0 Å². The van der Waals surface area contributed by atoms with Gasteiger partial charge in [-0.15, -0.1) is 11.3 Å². The summed E-state index contributed by atoms with van der Waals surface area (Å²) in [5.74, 6) is 0.626. The van der Waals surface area contributed by atoms with Crippen molar-refractivity contribution in [3.63, 3.8) is 0 Å². The van der Waals surface area contributed by atoms with E-state index in [2.05, 4.69) is 173 Å². The SMILES string of the molecule is c1ccc(-c2nc3cc(-c4cccc(N(c5ccc6c(c5)sc5ccccc56)c5cccc6c5ccc5c7ccccc7n(-c7ccccc7)c65)c4)ccc3o2)cc1. The van der Waals surface area contributed by atoms with Gasteiger partial charge in [0.1, 0.15) is 5.52 Å². The molecule has 9 aromatic carbocycles. The van der Waals surface area contributed by atoms with Gasteiger partial charge >= 0.3 is 0 Å². The molecule has 0 spiro atoms. The lowest BCUT2D eigenvalue weighted by Gasteiger charge is -2.27. The first kappa shape index (κ1) is 32.7. The zero-order valence-corrected chi connectivity index (χ0v) is 32.0. The van der Waals surface area contributed by atoms with Crippen LogP contribution in [0.3, 0.4) is 0 Å². The van der Waals surface area contributed by atoms with Crippen molar-refractivity contribution in [2.45, 2.75) is 0 Å². The van der Waals surface area contributed by atoms with Gasteiger partial charge in [0.15, 0.2) is 5.58 Å². The van der Waals surface area contributed by atoms with Crippen molar-refractivity contribution in [3.05, 3.63) is 200 Å². The van der Waals surface area contributed by atoms with Gasteiger partial charge in [0.05, 0.1) is 16.7 Å². The lowest BCUT2D eigenvalue weighted by molar-refractivity contribution is 0.620. The van der Waals surface area contributed by atoms with Crippen molar-refractivity contribution < 1.29 is 4.42 Å². The van der Waals surface area contributed by atoms with Gasteiger partial charge < -0.3 is 13.9 Å². The van der Waals surface area contributed by atoms with E-state index in [9.17, 15) is 0 Å². The van der Waals surface area contributed by atoms with E-state index < -0.39 is 0 Å². The Bertz CT molecular complexity index is 3530. The zero-order valence-electron chi connectivity index (χ0n) is 31.2. The Labute approximate surface area is 338 Å². The average Bonchev–Trinajstić information content (AvgIpc) is 3.99. The highest BCUT2D eigenvalue weighted by molar-refractivity contribution is 7.25. The number of fused-ring (bicyclic) bond motifs is 9. The number of hydrogen-bond acceptors (Lipinski definition) is 4. The summed E-state index contributed by atoms with van der Waals surface area (Å²) in [6.07, 6.45) is 0. The average molecular weight is 760 g/mol. The molecule has 0 aliphatic heterocycles. The van der Waals surface area contributed by atoms with Crippen LogP contribution in [-0.4, -0.2) is 9.55 Å². The maximum absolute atomic E-state index is 6.19. The Morgan fingerprint density at radius 2 is 1.10 bits per heavy atom. The van der Waals surface area contributed by atoms with Crippen LogP contribution in [0.2, 0.25) is 0 Å². The van der Waals surface area contributed by atoms with Crippen molar-refractivity contribution in [2.24, 2.45) is 0 Å². The minimum atomic E-state index is 0.626. The lowest BCUT2D eigenvalue weighted by atomic mass is 10.0. The van der Waals surface area contributed by atoms with Crippen LogP contribution in [0, 0.1) is 0 Å². The molecule has 0 amide bonds. The molecular formula is C53H33N3OS. The number of rotatable bonds is 6. The molecule has 4 nitrogen and oxygen atoms in total. The van der Waals surface area contributed by atoms with E-state index in [-0.39, 0.29) is 0 Å². The molecule has 3 heterocycles. The molecule has 0 atom stereocenters. The van der Waals surface area contributed by atoms with E-state index in [4.69, 9.17) is 9.40 Å². The fraction of sp³-hybridized carbons (Fsp3) is 0. The first-order valence-electron chi connectivity index (χ1n) is 19.5. The Balaban J connectivity index is 1.08. The van der Waals surface area contributed by atoms with E-state index in [0.29, 0.717) is 5.89 Å². The summed E-state index contributed by atoms with van der Waals surface area (Å²) in [7, 11) is 0. The molecule has 0 aliphatic carbocycles. The number of nitrogens with zero attached hydrogens (tertiary/aromatic N) is 3. The molecule has 272 valence electrons. The maximum atomic E-state index is 6.19. The van der Waals surface area contributed by atoms with Crippen LogP contribution < -0.4 is 4.90 Å². The van der Waals surface area contributed by atoms with Gasteiger partial charge in [-0.25, -0.2) is 4.98 Å². The topological polar surface area (TPSA) is 34.2 Å². The lowest BCUT2D eigenvalue weighted by Crippen LogP contribution is -2.10. The number of oxazole rings is 1. The summed E-state index contributed by atoms with van der Waals surface area (Å²) in [5.41, 5.74) is 11.6. The third-order valence-electron chi connectivity index (χ3n) is 11.4. The van der Waals surface area contributed by atoms with E-state index in [1.54, 1.807) is 0 Å². The highest BCUT2D eigenvalue weighted by atomic mass is 32.1. The largest absolute Gasteiger partial charge is 0.436 e. The monoisotopic (exact) mass is 759 g/mol. The number of aromatic nitrogens is 2. The van der Waals surface area contributed by atoms with Gasteiger partial charge in [-0.1, -0.05) is 121 Å². The summed E-state index contributed by atoms with van der Waals surface area (Å²) in [4.78, 5) is 7.32. The number of anilines is 3. The Kier molecular flexibility index (Phi) is 7.37. The van der Waals surface area contributed by atoms with Crippen molar-refractivity contribution in [3.8, 4) is 28.3 Å². The number of benzene rings is 9. The van der Waals surface area contributed by atoms with Crippen LogP contribution in [0.4, 0.5) is 17.1 Å². The molecule has 58 heavy (non-hydrogen) atoms. The number of para-hydroxylation sites is 2. The summed E-state index contributed by atoms with van der Waals surface area (Å²) in [6, 6.07) is 71.7. The first-order valence-corrected chi connectivity index (χ1v) is 20.4. The smallest absolute Gasteiger partial charge is 0.227 e. The molecular weight excluding hydrogens is 727 g/mol. The van der Waals surface area contributed by atoms with Crippen LogP contribution in [0.25, 0.3) is 92.1 Å². The molecule has 3 aromatic heterocycles. The Morgan fingerprint density at radius 1 is 0.448 bits per heavy atom. The second-order valence-corrected chi connectivity index (χ2v) is 15.8. The standard InChI is InChI=1S/C53H33N3OS/c1-3-13-34(14-4-1)53-54-46-32-36(25-30-49(46)57-53)35-15-11-18-38(31-35)55(39-26-27-43-42-20-8-10-24-50(42)58-51(43)33-39)47-23-12-21-44-41(47)28-29-45-40-19-7-9-22-48(40)56(52(44)45)37-16-5-2-6-17-37/h1-33H. The fourth-order valence-corrected chi connectivity index (χ4v) is 9.90. The second-order valence-electron chi connectivity index (χ2n) is 14.8. The Hall–Kier alpha value is -7.47. The summed E-state index contributed by atoms with van der Waals surface area (Å²) in [6.45, 7) is 0. The van der Waals surface area contributed by atoms with Gasteiger partial charge in [0.25, 0.3) is 0 Å².